The van der Waals surface area contributed by atoms with Crippen molar-refractivity contribution in [1.29, 1.82) is 0 Å². The van der Waals surface area contributed by atoms with E-state index in [1.54, 1.807) is 4.90 Å². The van der Waals surface area contributed by atoms with Gasteiger partial charge in [-0.15, -0.1) is 11.3 Å². The van der Waals surface area contributed by atoms with E-state index in [1.807, 2.05) is 12.3 Å². The van der Waals surface area contributed by atoms with Crippen LogP contribution in [0.4, 0.5) is 5.13 Å². The summed E-state index contributed by atoms with van der Waals surface area (Å²) < 4.78 is 0. The van der Waals surface area contributed by atoms with Crippen LogP contribution in [0, 0.1) is 0 Å². The molecular formula is C11H18N4O3S. The second-order valence-corrected chi connectivity index (χ2v) is 4.77. The first kappa shape index (κ1) is 15.5. The van der Waals surface area contributed by atoms with E-state index in [-0.39, 0.29) is 12.5 Å². The van der Waals surface area contributed by atoms with E-state index in [1.165, 1.54) is 18.3 Å². The first-order valence-corrected chi connectivity index (χ1v) is 6.74. The first-order valence-electron chi connectivity index (χ1n) is 5.86. The maximum Gasteiger partial charge on any atom is 0.247 e. The van der Waals surface area contributed by atoms with E-state index >= 15 is 0 Å². The third kappa shape index (κ3) is 4.58. The minimum atomic E-state index is -1.21. The molecule has 0 aromatic carbocycles. The molecule has 1 heterocycles. The van der Waals surface area contributed by atoms with E-state index in [0.29, 0.717) is 18.2 Å². The summed E-state index contributed by atoms with van der Waals surface area (Å²) in [7, 11) is 0. The fourth-order valence-corrected chi connectivity index (χ4v) is 2.36. The van der Waals surface area contributed by atoms with Crippen LogP contribution in [0.15, 0.2) is 5.38 Å². The number of anilines is 1. The van der Waals surface area contributed by atoms with Gasteiger partial charge in [-0.1, -0.05) is 0 Å². The summed E-state index contributed by atoms with van der Waals surface area (Å²) in [5, 5.41) is 14.5. The van der Waals surface area contributed by atoms with Crippen LogP contribution in [0.1, 0.15) is 19.5 Å². The molecule has 1 atom stereocenters. The van der Waals surface area contributed by atoms with Crippen LogP contribution in [-0.2, 0) is 16.1 Å². The number of hydrogen-bond donors (Lipinski definition) is 3. The zero-order valence-corrected chi connectivity index (χ0v) is 11.7. The van der Waals surface area contributed by atoms with Gasteiger partial charge >= 0.3 is 0 Å². The molecule has 1 unspecified atom stereocenters. The summed E-state index contributed by atoms with van der Waals surface area (Å²) in [6, 6.07) is 0. The number of primary amides is 1. The Labute approximate surface area is 115 Å². The molecule has 1 aromatic rings. The van der Waals surface area contributed by atoms with E-state index in [9.17, 15) is 14.7 Å². The Balaban J connectivity index is 2.51. The fourth-order valence-electron chi connectivity index (χ4n) is 1.43. The molecule has 0 radical (unpaired) electrons. The van der Waals surface area contributed by atoms with Crippen molar-refractivity contribution in [3.63, 3.8) is 0 Å². The van der Waals surface area contributed by atoms with Crippen molar-refractivity contribution in [2.24, 2.45) is 5.73 Å². The number of nitrogens with one attached hydrogen (secondary N) is 1. The number of amides is 2. The fraction of sp³-hybridized carbons (Fsp3) is 0.545. The van der Waals surface area contributed by atoms with Crippen molar-refractivity contribution >= 4 is 28.3 Å². The summed E-state index contributed by atoms with van der Waals surface area (Å²) >= 11 is 1.38. The summed E-state index contributed by atoms with van der Waals surface area (Å²) in [5.41, 5.74) is 5.67. The Morgan fingerprint density at radius 3 is 2.84 bits per heavy atom. The second kappa shape index (κ2) is 7.17. The number of aromatic nitrogens is 1. The molecule has 2 amide bonds. The van der Waals surface area contributed by atoms with Gasteiger partial charge in [0, 0.05) is 31.9 Å². The van der Waals surface area contributed by atoms with Gasteiger partial charge in [0.2, 0.25) is 11.8 Å². The molecule has 7 nitrogen and oxygen atoms in total. The number of nitrogens with two attached hydrogens (primary N) is 1. The zero-order chi connectivity index (χ0) is 14.4. The summed E-state index contributed by atoms with van der Waals surface area (Å²) in [6.45, 7) is 4.41. The number of carbonyl (C=O) groups is 2. The molecule has 1 aromatic heterocycles. The Hall–Kier alpha value is -1.51. The predicted octanol–water partition coefficient (Wildman–Crippen LogP) is -0.548. The molecule has 8 heteroatoms. The molecule has 0 aliphatic rings. The molecule has 1 rings (SSSR count). The van der Waals surface area contributed by atoms with Gasteiger partial charge in [-0.25, -0.2) is 4.98 Å². The molecule has 19 heavy (non-hydrogen) atoms. The third-order valence-electron chi connectivity index (χ3n) is 2.44. The number of thiazole rings is 1. The van der Waals surface area contributed by atoms with Crippen molar-refractivity contribution in [3.8, 4) is 0 Å². The highest BCUT2D eigenvalue weighted by Gasteiger charge is 2.14. The Kier molecular flexibility index (Phi) is 5.87. The molecule has 4 N–H and O–H groups in total. The quantitative estimate of drug-likeness (QED) is 0.623. The average Bonchev–Trinajstić information content (AvgIpc) is 2.77. The van der Waals surface area contributed by atoms with Crippen LogP contribution < -0.4 is 16.0 Å². The van der Waals surface area contributed by atoms with Crippen LogP contribution in [0.25, 0.3) is 0 Å². The standard InChI is InChI=1S/C11H18N4O3S/c1-3-15(7(2)16)11-14-8(6-19-11)4-13-5-9(17)10(12)18/h6,9,13,17H,3-5H2,1-2H3,(H2,12,18). The maximum absolute atomic E-state index is 11.4. The van der Waals surface area contributed by atoms with Crippen LogP contribution >= 0.6 is 11.3 Å². The van der Waals surface area contributed by atoms with Crippen molar-refractivity contribution in [3.05, 3.63) is 11.1 Å². The highest BCUT2D eigenvalue weighted by Crippen LogP contribution is 2.20. The number of aliphatic hydroxyl groups is 1. The highest BCUT2D eigenvalue weighted by molar-refractivity contribution is 7.14. The van der Waals surface area contributed by atoms with E-state index in [4.69, 9.17) is 5.73 Å². The number of nitrogens with zero attached hydrogens (tertiary/aromatic N) is 2. The lowest BCUT2D eigenvalue weighted by Crippen LogP contribution is -2.37. The van der Waals surface area contributed by atoms with Gasteiger partial charge in [-0.2, -0.15) is 0 Å². The summed E-state index contributed by atoms with van der Waals surface area (Å²) in [5.74, 6) is -0.819. The monoisotopic (exact) mass is 286 g/mol. The average molecular weight is 286 g/mol. The normalized spacial score (nSPS) is 12.2. The van der Waals surface area contributed by atoms with Gasteiger partial charge in [0.1, 0.15) is 6.10 Å². The van der Waals surface area contributed by atoms with Crippen molar-refractivity contribution in [1.82, 2.24) is 10.3 Å². The highest BCUT2D eigenvalue weighted by atomic mass is 32.1. The van der Waals surface area contributed by atoms with E-state index in [0.717, 1.165) is 5.69 Å². The smallest absolute Gasteiger partial charge is 0.247 e. The number of hydrogen-bond acceptors (Lipinski definition) is 6. The molecule has 0 saturated carbocycles. The third-order valence-corrected chi connectivity index (χ3v) is 3.35. The molecule has 0 spiro atoms. The summed E-state index contributed by atoms with van der Waals surface area (Å²) in [4.78, 5) is 27.9. The van der Waals surface area contributed by atoms with Crippen LogP contribution in [0.2, 0.25) is 0 Å². The van der Waals surface area contributed by atoms with Crippen molar-refractivity contribution in [2.75, 3.05) is 18.0 Å². The van der Waals surface area contributed by atoms with Gasteiger partial charge < -0.3 is 16.2 Å². The molecule has 106 valence electrons. The molecule has 0 fully saturated rings. The number of aliphatic hydroxyl groups excluding tert-OH is 1. The Morgan fingerprint density at radius 1 is 1.63 bits per heavy atom. The van der Waals surface area contributed by atoms with E-state index < -0.39 is 12.0 Å². The molecular weight excluding hydrogens is 268 g/mol. The van der Waals surface area contributed by atoms with Gasteiger partial charge in [-0.05, 0) is 6.92 Å². The van der Waals surface area contributed by atoms with E-state index in [2.05, 4.69) is 10.3 Å². The minimum Gasteiger partial charge on any atom is -0.382 e. The SMILES string of the molecule is CCN(C(C)=O)c1nc(CNCC(O)C(N)=O)cs1. The van der Waals surface area contributed by atoms with Gasteiger partial charge in [0.05, 0.1) is 5.69 Å². The number of carbonyl (C=O) groups excluding carboxylic acids is 2. The zero-order valence-electron chi connectivity index (χ0n) is 10.9. The molecule has 0 saturated heterocycles. The lowest BCUT2D eigenvalue weighted by atomic mass is 10.3. The summed E-state index contributed by atoms with van der Waals surface area (Å²) in [6.07, 6.45) is -1.21. The topological polar surface area (TPSA) is 109 Å². The molecule has 0 aliphatic carbocycles. The minimum absolute atomic E-state index is 0.0551. The van der Waals surface area contributed by atoms with Crippen LogP contribution in [0.5, 0.6) is 0 Å². The van der Waals surface area contributed by atoms with Crippen LogP contribution in [-0.4, -0.2) is 41.1 Å². The molecule has 0 bridgehead atoms. The predicted molar refractivity (Wildman–Crippen MR) is 72.7 cm³/mol. The Morgan fingerprint density at radius 2 is 2.32 bits per heavy atom. The van der Waals surface area contributed by atoms with Crippen LogP contribution in [0.3, 0.4) is 0 Å². The Bertz CT molecular complexity index is 449. The first-order chi connectivity index (χ1) is 8.95. The largest absolute Gasteiger partial charge is 0.382 e. The van der Waals surface area contributed by atoms with Crippen molar-refractivity contribution in [2.45, 2.75) is 26.5 Å². The second-order valence-electron chi connectivity index (χ2n) is 3.93. The number of rotatable bonds is 7. The van der Waals surface area contributed by atoms with Gasteiger partial charge in [0.15, 0.2) is 5.13 Å². The lowest BCUT2D eigenvalue weighted by molar-refractivity contribution is -0.125. The van der Waals surface area contributed by atoms with Gasteiger partial charge in [0.25, 0.3) is 0 Å². The van der Waals surface area contributed by atoms with Crippen molar-refractivity contribution < 1.29 is 14.7 Å². The maximum atomic E-state index is 11.4. The lowest BCUT2D eigenvalue weighted by Gasteiger charge is -2.14. The van der Waals surface area contributed by atoms with Gasteiger partial charge in [-0.3, -0.25) is 14.5 Å². The molecule has 0 aliphatic heterocycles.